The van der Waals surface area contributed by atoms with E-state index in [4.69, 9.17) is 15.0 Å². The zero-order valence-corrected chi connectivity index (χ0v) is 24.5. The number of aromatic nitrogens is 4. The first kappa shape index (κ1) is 25.3. The zero-order valence-electron chi connectivity index (χ0n) is 23.7. The van der Waals surface area contributed by atoms with Crippen LogP contribution in [0.5, 0.6) is 0 Å². The third-order valence-corrected chi connectivity index (χ3v) is 9.96. The molecule has 0 fully saturated rings. The fraction of sp³-hybridized carbons (Fsp3) is 0.0513. The van der Waals surface area contributed by atoms with E-state index in [-0.39, 0.29) is 0 Å². The topological polar surface area (TPSA) is 43.6 Å². The van der Waals surface area contributed by atoms with Gasteiger partial charge >= 0.3 is 0 Å². The van der Waals surface area contributed by atoms with Crippen LogP contribution in [-0.4, -0.2) is 24.8 Å². The number of benzene rings is 5. The van der Waals surface area contributed by atoms with Crippen molar-refractivity contribution in [2.45, 2.75) is 16.1 Å². The Kier molecular flexibility index (Phi) is 5.84. The minimum absolute atomic E-state index is 0.347. The molecule has 4 nitrogen and oxygen atoms in total. The van der Waals surface area contributed by atoms with Gasteiger partial charge in [0.25, 0.3) is 0 Å². The van der Waals surface area contributed by atoms with Crippen LogP contribution in [0.2, 0.25) is 0 Å². The van der Waals surface area contributed by atoms with Gasteiger partial charge < -0.3 is 4.57 Å². The highest BCUT2D eigenvalue weighted by Crippen LogP contribution is 2.54. The van der Waals surface area contributed by atoms with E-state index in [9.17, 15) is 0 Å². The molecule has 0 N–H and O–H groups in total. The van der Waals surface area contributed by atoms with Crippen molar-refractivity contribution in [1.29, 1.82) is 0 Å². The SMILES string of the molecule is C1=CC2Sc3ccccc3C2c2c1n(-c1ccc(-c3nc(-c4ccccc4)nc(-c4ccccc4)n3)cc1)c1ccccc21. The maximum absolute atomic E-state index is 4.93. The first-order valence-electron chi connectivity index (χ1n) is 14.9. The number of hydrogen-bond acceptors (Lipinski definition) is 4. The van der Waals surface area contributed by atoms with Crippen LogP contribution in [0.15, 0.2) is 144 Å². The molecule has 2 atom stereocenters. The summed E-state index contributed by atoms with van der Waals surface area (Å²) in [7, 11) is 0. The van der Waals surface area contributed by atoms with Crippen LogP contribution in [0.3, 0.4) is 0 Å². The van der Waals surface area contributed by atoms with Crippen molar-refractivity contribution >= 4 is 28.7 Å². The van der Waals surface area contributed by atoms with Gasteiger partial charge in [-0.05, 0) is 53.6 Å². The van der Waals surface area contributed by atoms with Crippen LogP contribution < -0.4 is 0 Å². The average Bonchev–Trinajstić information content (AvgIpc) is 3.64. The molecule has 1 aliphatic carbocycles. The molecule has 2 aromatic heterocycles. The van der Waals surface area contributed by atoms with Crippen LogP contribution in [0.4, 0.5) is 0 Å². The van der Waals surface area contributed by atoms with Gasteiger partial charge in [-0.2, -0.15) is 0 Å². The summed E-state index contributed by atoms with van der Waals surface area (Å²) in [5, 5.41) is 1.74. The molecule has 9 rings (SSSR count). The van der Waals surface area contributed by atoms with Crippen LogP contribution in [0.25, 0.3) is 56.8 Å². The molecule has 2 unspecified atom stereocenters. The van der Waals surface area contributed by atoms with Gasteiger partial charge in [-0.25, -0.2) is 15.0 Å². The molecule has 0 saturated carbocycles. The molecule has 0 bridgehead atoms. The summed E-state index contributed by atoms with van der Waals surface area (Å²) < 4.78 is 2.41. The predicted molar refractivity (Wildman–Crippen MR) is 180 cm³/mol. The van der Waals surface area contributed by atoms with Crippen LogP contribution in [-0.2, 0) is 0 Å². The Morgan fingerprint density at radius 1 is 0.545 bits per heavy atom. The number of hydrogen-bond donors (Lipinski definition) is 0. The summed E-state index contributed by atoms with van der Waals surface area (Å²) in [6, 6.07) is 46.5. The van der Waals surface area contributed by atoms with Gasteiger partial charge in [0, 0.05) is 43.8 Å². The molecule has 7 aromatic rings. The van der Waals surface area contributed by atoms with E-state index in [2.05, 4.69) is 89.5 Å². The Morgan fingerprint density at radius 3 is 1.80 bits per heavy atom. The van der Waals surface area contributed by atoms with Gasteiger partial charge in [0.1, 0.15) is 0 Å². The standard InChI is InChI=1S/C39H26N4S/c1-3-11-25(12-4-1)37-40-38(26-13-5-2-6-14-26)42-39(41-37)27-19-21-28(22-20-27)43-31-17-9-7-15-29(31)35-32(43)23-24-34-36(35)30-16-8-10-18-33(30)44-34/h1-24,34,36H. The second-order valence-electron chi connectivity index (χ2n) is 11.2. The second-order valence-corrected chi connectivity index (χ2v) is 12.4. The minimum Gasteiger partial charge on any atom is -0.310 e. The maximum Gasteiger partial charge on any atom is 0.164 e. The Hall–Kier alpha value is -5.26. The molecular formula is C39H26N4S. The molecule has 208 valence electrons. The van der Waals surface area contributed by atoms with E-state index in [1.165, 1.54) is 32.6 Å². The van der Waals surface area contributed by atoms with Gasteiger partial charge in [0.2, 0.25) is 0 Å². The summed E-state index contributed by atoms with van der Waals surface area (Å²) in [6.07, 6.45) is 4.72. The quantitative estimate of drug-likeness (QED) is 0.207. The fourth-order valence-electron chi connectivity index (χ4n) is 6.64. The van der Waals surface area contributed by atoms with E-state index < -0.39 is 0 Å². The van der Waals surface area contributed by atoms with Crippen molar-refractivity contribution in [3.05, 3.63) is 156 Å². The third-order valence-electron chi connectivity index (χ3n) is 8.64. The lowest BCUT2D eigenvalue weighted by molar-refractivity contribution is 0.843. The first-order chi connectivity index (χ1) is 21.8. The number of nitrogens with zero attached hydrogens (tertiary/aromatic N) is 4. The predicted octanol–water partition coefficient (Wildman–Crippen LogP) is 9.45. The smallest absolute Gasteiger partial charge is 0.164 e. The highest BCUT2D eigenvalue weighted by Gasteiger charge is 2.38. The minimum atomic E-state index is 0.347. The summed E-state index contributed by atoms with van der Waals surface area (Å²) in [5.74, 6) is 2.34. The fourth-order valence-corrected chi connectivity index (χ4v) is 8.00. The number of fused-ring (bicyclic) bond motifs is 7. The summed E-state index contributed by atoms with van der Waals surface area (Å²) in [6.45, 7) is 0. The zero-order chi connectivity index (χ0) is 29.0. The summed E-state index contributed by atoms with van der Waals surface area (Å²) >= 11 is 1.98. The van der Waals surface area contributed by atoms with Crippen molar-refractivity contribution in [3.63, 3.8) is 0 Å². The van der Waals surface area contributed by atoms with Gasteiger partial charge in [0.05, 0.1) is 11.2 Å². The summed E-state index contributed by atoms with van der Waals surface area (Å²) in [5.41, 5.74) is 9.34. The van der Waals surface area contributed by atoms with E-state index in [0.717, 1.165) is 22.4 Å². The van der Waals surface area contributed by atoms with Crippen LogP contribution in [0.1, 0.15) is 22.7 Å². The monoisotopic (exact) mass is 582 g/mol. The second kappa shape index (κ2) is 10.2. The highest BCUT2D eigenvalue weighted by molar-refractivity contribution is 8.00. The van der Waals surface area contributed by atoms with Gasteiger partial charge in [-0.3, -0.25) is 0 Å². The molecular weight excluding hydrogens is 557 g/mol. The van der Waals surface area contributed by atoms with Crippen LogP contribution in [0, 0.1) is 0 Å². The molecule has 1 aliphatic heterocycles. The van der Waals surface area contributed by atoms with Gasteiger partial charge in [-0.15, -0.1) is 11.8 Å². The molecule has 0 radical (unpaired) electrons. The Bertz CT molecular complexity index is 2140. The number of rotatable bonds is 4. The van der Waals surface area contributed by atoms with Crippen LogP contribution >= 0.6 is 11.8 Å². The normalized spacial score (nSPS) is 16.5. The Labute approximate surface area is 259 Å². The van der Waals surface area contributed by atoms with E-state index in [1.807, 2.05) is 72.4 Å². The molecule has 5 aromatic carbocycles. The van der Waals surface area contributed by atoms with E-state index >= 15 is 0 Å². The van der Waals surface area contributed by atoms with Crippen molar-refractivity contribution in [3.8, 4) is 39.9 Å². The van der Waals surface area contributed by atoms with Crippen molar-refractivity contribution in [2.75, 3.05) is 0 Å². The number of thioether (sulfide) groups is 1. The maximum atomic E-state index is 4.93. The molecule has 5 heteroatoms. The highest BCUT2D eigenvalue weighted by atomic mass is 32.2. The van der Waals surface area contributed by atoms with E-state index in [1.54, 1.807) is 0 Å². The molecule has 0 amide bonds. The Balaban J connectivity index is 1.17. The van der Waals surface area contributed by atoms with Crippen molar-refractivity contribution in [2.24, 2.45) is 0 Å². The number of para-hydroxylation sites is 1. The molecule has 0 spiro atoms. The largest absolute Gasteiger partial charge is 0.310 e. The van der Waals surface area contributed by atoms with Crippen molar-refractivity contribution in [1.82, 2.24) is 19.5 Å². The first-order valence-corrected chi connectivity index (χ1v) is 15.7. The Morgan fingerprint density at radius 2 is 1.11 bits per heavy atom. The lowest BCUT2D eigenvalue weighted by Crippen LogP contribution is -2.14. The molecule has 2 aliphatic rings. The lowest BCUT2D eigenvalue weighted by atomic mass is 9.83. The average molecular weight is 583 g/mol. The molecule has 44 heavy (non-hydrogen) atoms. The van der Waals surface area contributed by atoms with Gasteiger partial charge in [-0.1, -0.05) is 103 Å². The van der Waals surface area contributed by atoms with Gasteiger partial charge in [0.15, 0.2) is 17.5 Å². The van der Waals surface area contributed by atoms with E-state index in [0.29, 0.717) is 28.6 Å². The third kappa shape index (κ3) is 4.04. The van der Waals surface area contributed by atoms with Crippen molar-refractivity contribution < 1.29 is 0 Å². The molecule has 0 saturated heterocycles. The lowest BCUT2D eigenvalue weighted by Gasteiger charge is -2.23. The summed E-state index contributed by atoms with van der Waals surface area (Å²) in [4.78, 5) is 16.1. The molecule has 3 heterocycles.